The van der Waals surface area contributed by atoms with Crippen molar-refractivity contribution in [3.05, 3.63) is 0 Å². The number of hydrogen-bond donors (Lipinski definition) is 0. The quantitative estimate of drug-likeness (QED) is 0.429. The van der Waals surface area contributed by atoms with Crippen LogP contribution in [-0.2, 0) is 9.09 Å². The summed E-state index contributed by atoms with van der Waals surface area (Å²) in [7, 11) is -1.51. The van der Waals surface area contributed by atoms with Gasteiger partial charge in [-0.25, -0.2) is 0 Å². The van der Waals surface area contributed by atoms with Crippen molar-refractivity contribution in [2.75, 3.05) is 13.3 Å². The highest BCUT2D eigenvalue weighted by atomic mass is 31.1. The molecule has 0 aliphatic heterocycles. The molecule has 0 N–H and O–H groups in total. The summed E-state index contributed by atoms with van der Waals surface area (Å²) < 4.78 is 14.7. The Bertz CT molecular complexity index is 118. The molecule has 1 unspecified atom stereocenters. The molecule has 0 fully saturated rings. The van der Waals surface area contributed by atoms with Crippen molar-refractivity contribution >= 4 is 8.03 Å². The third-order valence-corrected chi connectivity index (χ3v) is 1.03. The number of nitriles is 1. The van der Waals surface area contributed by atoms with E-state index in [0.29, 0.717) is 6.42 Å². The zero-order valence-electron chi connectivity index (χ0n) is 4.63. The fourth-order valence-corrected chi connectivity index (χ4v) is 0.568. The summed E-state index contributed by atoms with van der Waals surface area (Å²) in [6, 6.07) is 1.87. The van der Waals surface area contributed by atoms with Crippen LogP contribution in [0.2, 0.25) is 0 Å². The predicted octanol–water partition coefficient (Wildman–Crippen LogP) is 1.29. The van der Waals surface area contributed by atoms with E-state index in [0.717, 1.165) is 0 Å². The van der Waals surface area contributed by atoms with Gasteiger partial charge in [0.1, 0.15) is 6.61 Å². The SMILES string of the molecule is C[P+](=O)OCCC#N. The van der Waals surface area contributed by atoms with E-state index in [1.165, 1.54) is 6.66 Å². The lowest BCUT2D eigenvalue weighted by Crippen LogP contribution is -1.81. The summed E-state index contributed by atoms with van der Waals surface area (Å²) in [6.07, 6.45) is 0.314. The fraction of sp³-hybridized carbons (Fsp3) is 0.750. The first-order valence-corrected chi connectivity index (χ1v) is 3.80. The molecule has 1 atom stereocenters. The molecular formula is C4H7NO2P+. The average molecular weight is 132 g/mol. The van der Waals surface area contributed by atoms with Crippen LogP contribution in [0.5, 0.6) is 0 Å². The summed E-state index contributed by atoms with van der Waals surface area (Å²) in [5.74, 6) is 0. The summed E-state index contributed by atoms with van der Waals surface area (Å²) in [6.45, 7) is 1.74. The van der Waals surface area contributed by atoms with Crippen LogP contribution in [0, 0.1) is 11.3 Å². The Morgan fingerprint density at radius 3 is 2.88 bits per heavy atom. The van der Waals surface area contributed by atoms with Crippen LogP contribution >= 0.6 is 8.03 Å². The van der Waals surface area contributed by atoms with E-state index in [4.69, 9.17) is 5.26 Å². The fourth-order valence-electron chi connectivity index (χ4n) is 0.220. The van der Waals surface area contributed by atoms with Gasteiger partial charge in [0.05, 0.1) is 12.5 Å². The maximum Gasteiger partial charge on any atom is 0.504 e. The van der Waals surface area contributed by atoms with Crippen molar-refractivity contribution in [3.63, 3.8) is 0 Å². The van der Waals surface area contributed by atoms with E-state index >= 15 is 0 Å². The molecule has 0 aliphatic rings. The summed E-state index contributed by atoms with van der Waals surface area (Å²) in [4.78, 5) is 0. The standard InChI is InChI=1S/C4H7NO2P/c1-8(6)7-4-2-3-5/h2,4H2,1H3/q+1. The molecule has 0 aromatic heterocycles. The minimum absolute atomic E-state index is 0.280. The first kappa shape index (κ1) is 7.55. The Hall–Kier alpha value is -0.450. The molecule has 3 nitrogen and oxygen atoms in total. The van der Waals surface area contributed by atoms with Crippen LogP contribution in [-0.4, -0.2) is 13.3 Å². The van der Waals surface area contributed by atoms with E-state index in [2.05, 4.69) is 4.52 Å². The molecule has 0 aliphatic carbocycles. The minimum Gasteiger partial charge on any atom is -0.198 e. The molecule has 0 radical (unpaired) electrons. The van der Waals surface area contributed by atoms with Crippen molar-refractivity contribution in [1.29, 1.82) is 5.26 Å². The molecule has 0 rings (SSSR count). The molecule has 8 heavy (non-hydrogen) atoms. The first-order valence-electron chi connectivity index (χ1n) is 2.18. The summed E-state index contributed by atoms with van der Waals surface area (Å²) >= 11 is 0. The van der Waals surface area contributed by atoms with Crippen molar-refractivity contribution in [2.24, 2.45) is 0 Å². The Balaban J connectivity index is 2.97. The second-order valence-electron chi connectivity index (χ2n) is 1.18. The van der Waals surface area contributed by atoms with Crippen LogP contribution in [0.1, 0.15) is 6.42 Å². The van der Waals surface area contributed by atoms with Crippen LogP contribution in [0.3, 0.4) is 0 Å². The molecule has 0 aromatic rings. The molecular weight excluding hydrogens is 125 g/mol. The number of hydrogen-bond acceptors (Lipinski definition) is 3. The van der Waals surface area contributed by atoms with Gasteiger partial charge in [0.2, 0.25) is 0 Å². The van der Waals surface area contributed by atoms with Crippen LogP contribution in [0.15, 0.2) is 0 Å². The molecule has 44 valence electrons. The number of rotatable bonds is 3. The lowest BCUT2D eigenvalue weighted by Gasteiger charge is -1.77. The van der Waals surface area contributed by atoms with Gasteiger partial charge in [0, 0.05) is 0 Å². The predicted molar refractivity (Wildman–Crippen MR) is 29.7 cm³/mol. The highest BCUT2D eigenvalue weighted by molar-refractivity contribution is 7.38. The second kappa shape index (κ2) is 4.70. The van der Waals surface area contributed by atoms with Gasteiger partial charge in [-0.15, -0.1) is 4.52 Å². The maximum atomic E-state index is 10.1. The molecule has 0 aromatic carbocycles. The highest BCUT2D eigenvalue weighted by Gasteiger charge is 2.03. The van der Waals surface area contributed by atoms with E-state index < -0.39 is 8.03 Å². The van der Waals surface area contributed by atoms with Crippen molar-refractivity contribution < 1.29 is 9.09 Å². The van der Waals surface area contributed by atoms with Crippen molar-refractivity contribution in [2.45, 2.75) is 6.42 Å². The van der Waals surface area contributed by atoms with E-state index in [1.54, 1.807) is 0 Å². The van der Waals surface area contributed by atoms with E-state index in [1.807, 2.05) is 6.07 Å². The molecule has 0 spiro atoms. The van der Waals surface area contributed by atoms with Gasteiger partial charge in [0.25, 0.3) is 0 Å². The molecule has 0 heterocycles. The van der Waals surface area contributed by atoms with Gasteiger partial charge in [0.15, 0.2) is 6.66 Å². The van der Waals surface area contributed by atoms with E-state index in [-0.39, 0.29) is 6.61 Å². The Morgan fingerprint density at radius 2 is 2.50 bits per heavy atom. The van der Waals surface area contributed by atoms with Crippen LogP contribution in [0.25, 0.3) is 0 Å². The normalized spacial score (nSPS) is 10.2. The zero-order chi connectivity index (χ0) is 6.41. The van der Waals surface area contributed by atoms with Gasteiger partial charge in [-0.3, -0.25) is 0 Å². The van der Waals surface area contributed by atoms with Gasteiger partial charge in [-0.05, 0) is 4.57 Å². The van der Waals surface area contributed by atoms with Gasteiger partial charge >= 0.3 is 8.03 Å². The van der Waals surface area contributed by atoms with Gasteiger partial charge in [-0.2, -0.15) is 5.26 Å². The Kier molecular flexibility index (Phi) is 4.44. The number of nitrogens with zero attached hydrogens (tertiary/aromatic N) is 1. The molecule has 0 bridgehead atoms. The molecule has 0 saturated heterocycles. The zero-order valence-corrected chi connectivity index (χ0v) is 5.52. The monoisotopic (exact) mass is 132 g/mol. The largest absolute Gasteiger partial charge is 0.504 e. The molecule has 4 heteroatoms. The van der Waals surface area contributed by atoms with Gasteiger partial charge in [-0.1, -0.05) is 0 Å². The molecule has 0 saturated carbocycles. The Morgan fingerprint density at radius 1 is 1.88 bits per heavy atom. The summed E-state index contributed by atoms with van der Waals surface area (Å²) in [5.41, 5.74) is 0. The maximum absolute atomic E-state index is 10.1. The topological polar surface area (TPSA) is 50.1 Å². The van der Waals surface area contributed by atoms with Gasteiger partial charge < -0.3 is 0 Å². The third kappa shape index (κ3) is 5.55. The first-order chi connectivity index (χ1) is 3.77. The third-order valence-electron chi connectivity index (χ3n) is 0.487. The highest BCUT2D eigenvalue weighted by Crippen LogP contribution is 2.14. The Labute approximate surface area is 49.1 Å². The lowest BCUT2D eigenvalue weighted by atomic mass is 10.5. The smallest absolute Gasteiger partial charge is 0.198 e. The van der Waals surface area contributed by atoms with Crippen LogP contribution < -0.4 is 0 Å². The van der Waals surface area contributed by atoms with Crippen molar-refractivity contribution in [3.8, 4) is 6.07 Å². The van der Waals surface area contributed by atoms with Crippen molar-refractivity contribution in [1.82, 2.24) is 0 Å². The molecule has 0 amide bonds. The second-order valence-corrected chi connectivity index (χ2v) is 2.32. The summed E-state index contributed by atoms with van der Waals surface area (Å²) in [5, 5.41) is 7.95. The lowest BCUT2D eigenvalue weighted by molar-refractivity contribution is 0.341. The minimum atomic E-state index is -1.51. The average Bonchev–Trinajstić information content (AvgIpc) is 1.66. The van der Waals surface area contributed by atoms with E-state index in [9.17, 15) is 4.57 Å². The van der Waals surface area contributed by atoms with Crippen LogP contribution in [0.4, 0.5) is 0 Å².